The normalized spacial score (nSPS) is 14.7. The van der Waals surface area contributed by atoms with Crippen molar-refractivity contribution in [3.8, 4) is 17.6 Å². The van der Waals surface area contributed by atoms with Crippen molar-refractivity contribution in [3.05, 3.63) is 107 Å². The molecule has 0 amide bonds. The summed E-state index contributed by atoms with van der Waals surface area (Å²) in [4.78, 5) is 12.6. The highest BCUT2D eigenvalue weighted by Gasteiger charge is 2.36. The van der Waals surface area contributed by atoms with E-state index in [-0.39, 0.29) is 34.8 Å². The van der Waals surface area contributed by atoms with Gasteiger partial charge in [-0.05, 0) is 52.7 Å². The Hall–Kier alpha value is -4.63. The number of nitrogens with one attached hydrogen (secondary N) is 1. The van der Waals surface area contributed by atoms with Crippen LogP contribution >= 0.6 is 15.9 Å². The first-order valence-corrected chi connectivity index (χ1v) is 11.8. The number of benzene rings is 2. The summed E-state index contributed by atoms with van der Waals surface area (Å²) in [6, 6.07) is 14.2. The van der Waals surface area contributed by atoms with Gasteiger partial charge in [0, 0.05) is 5.56 Å². The Morgan fingerprint density at radius 2 is 2.05 bits per heavy atom. The van der Waals surface area contributed by atoms with Gasteiger partial charge in [0.1, 0.15) is 27.4 Å². The number of methoxy groups -OCH3 is 1. The predicted molar refractivity (Wildman–Crippen MR) is 137 cm³/mol. The van der Waals surface area contributed by atoms with Crippen LogP contribution in [0.25, 0.3) is 11.0 Å². The highest BCUT2D eigenvalue weighted by Crippen LogP contribution is 2.44. The Labute approximate surface area is 217 Å². The molecule has 0 radical (unpaired) electrons. The molecular formula is C25H19BrN5O6-. The number of halogens is 1. The van der Waals surface area contributed by atoms with E-state index in [1.165, 1.54) is 7.11 Å². The minimum absolute atomic E-state index is 0.0632. The zero-order valence-corrected chi connectivity index (χ0v) is 21.2. The topological polar surface area (TPSA) is 168 Å². The first-order chi connectivity index (χ1) is 17.7. The third-order valence-electron chi connectivity index (χ3n) is 6.29. The number of para-hydroxylation sites is 1. The summed E-state index contributed by atoms with van der Waals surface area (Å²) < 4.78 is 18.8. The number of aromatic nitrogens is 2. The number of hydrogen-bond donors (Lipinski definition) is 2. The molecule has 3 heterocycles. The highest BCUT2D eigenvalue weighted by atomic mass is 79.9. The van der Waals surface area contributed by atoms with Crippen molar-refractivity contribution in [2.75, 3.05) is 7.11 Å². The lowest BCUT2D eigenvalue weighted by Crippen LogP contribution is -2.26. The summed E-state index contributed by atoms with van der Waals surface area (Å²) >= 11 is 3.26. The number of nitrogens with zero attached hydrogens (tertiary/aromatic N) is 3. The lowest BCUT2D eigenvalue weighted by Gasteiger charge is -2.26. The molecule has 0 spiro atoms. The van der Waals surface area contributed by atoms with E-state index >= 15 is 0 Å². The molecule has 0 fully saturated rings. The zero-order chi connectivity index (χ0) is 26.4. The number of rotatable bonds is 4. The molecule has 11 nitrogen and oxygen atoms in total. The van der Waals surface area contributed by atoms with E-state index in [4.69, 9.17) is 19.6 Å². The van der Waals surface area contributed by atoms with Crippen LogP contribution in [-0.4, -0.2) is 16.9 Å². The van der Waals surface area contributed by atoms with E-state index in [9.17, 15) is 20.5 Å². The number of ether oxygens (including phenoxy) is 2. The molecule has 0 aliphatic carbocycles. The maximum atomic E-state index is 13.2. The lowest BCUT2D eigenvalue weighted by atomic mass is 9.83. The van der Waals surface area contributed by atoms with E-state index in [1.54, 1.807) is 54.1 Å². The quantitative estimate of drug-likeness (QED) is 0.281. The zero-order valence-electron chi connectivity index (χ0n) is 19.6. The molecule has 2 aromatic heterocycles. The van der Waals surface area contributed by atoms with E-state index in [0.717, 1.165) is 0 Å². The molecule has 1 aliphatic heterocycles. The number of H-pyrrole nitrogens is 1. The number of allylic oxidation sites excluding steroid dienone is 1. The van der Waals surface area contributed by atoms with E-state index in [2.05, 4.69) is 27.1 Å². The summed E-state index contributed by atoms with van der Waals surface area (Å²) in [5.74, 6) is -0.227. The summed E-state index contributed by atoms with van der Waals surface area (Å²) in [6.07, 6.45) is 0. The van der Waals surface area contributed by atoms with Crippen molar-refractivity contribution >= 4 is 26.9 Å². The molecule has 0 saturated carbocycles. The average molecular weight is 565 g/mol. The molecule has 0 saturated heterocycles. The minimum Gasteiger partial charge on any atom is -0.712 e. The van der Waals surface area contributed by atoms with Crippen molar-refractivity contribution in [2.24, 2.45) is 5.73 Å². The van der Waals surface area contributed by atoms with Gasteiger partial charge in [0.2, 0.25) is 5.88 Å². The molecule has 2 aromatic carbocycles. The average Bonchev–Trinajstić information content (AvgIpc) is 3.16. The number of fused-ring (bicyclic) bond motifs is 3. The molecule has 1 aliphatic rings. The number of aromatic amines is 1. The smallest absolute Gasteiger partial charge is 0.344 e. The summed E-state index contributed by atoms with van der Waals surface area (Å²) in [6.45, 7) is 1.91. The Kier molecular flexibility index (Phi) is 5.93. The van der Waals surface area contributed by atoms with Gasteiger partial charge in [-0.1, -0.05) is 18.2 Å². The molecule has 4 aromatic rings. The van der Waals surface area contributed by atoms with Crippen LogP contribution in [0.4, 0.5) is 0 Å². The van der Waals surface area contributed by atoms with Gasteiger partial charge in [-0.25, -0.2) is 9.48 Å². The highest BCUT2D eigenvalue weighted by molar-refractivity contribution is 9.10. The van der Waals surface area contributed by atoms with E-state index in [0.29, 0.717) is 38.0 Å². The number of hydrogen-bond acceptors (Lipinski definition) is 8. The fourth-order valence-corrected chi connectivity index (χ4v) is 4.95. The van der Waals surface area contributed by atoms with Crippen molar-refractivity contribution in [1.82, 2.24) is 14.7 Å². The van der Waals surface area contributed by atoms with Crippen LogP contribution in [-0.2, 0) is 6.54 Å². The van der Waals surface area contributed by atoms with Gasteiger partial charge in [0.05, 0.1) is 36.2 Å². The lowest BCUT2D eigenvalue weighted by molar-refractivity contribution is 0.387. The van der Waals surface area contributed by atoms with E-state index in [1.807, 2.05) is 0 Å². The second-order valence-corrected chi connectivity index (χ2v) is 9.12. The summed E-state index contributed by atoms with van der Waals surface area (Å²) in [5, 5.41) is 36.0. The largest absolute Gasteiger partial charge is 0.712 e. The third-order valence-corrected chi connectivity index (χ3v) is 7.24. The first kappa shape index (κ1) is 24.1. The minimum atomic E-state index is -0.866. The Morgan fingerprint density at radius 3 is 2.73 bits per heavy atom. The van der Waals surface area contributed by atoms with Crippen LogP contribution in [0.1, 0.15) is 28.3 Å². The van der Waals surface area contributed by atoms with Gasteiger partial charge in [0.15, 0.2) is 5.75 Å². The molecule has 1 atom stereocenters. The van der Waals surface area contributed by atoms with Crippen molar-refractivity contribution in [1.29, 1.82) is 5.26 Å². The molecule has 0 unspecified atom stereocenters. The van der Waals surface area contributed by atoms with Crippen LogP contribution < -0.4 is 31.2 Å². The van der Waals surface area contributed by atoms with Gasteiger partial charge in [-0.3, -0.25) is 4.90 Å². The number of nitrogens with two attached hydrogens (primary N) is 1. The molecular weight excluding hydrogens is 546 g/mol. The maximum Gasteiger partial charge on any atom is 0.344 e. The monoisotopic (exact) mass is 564 g/mol. The Balaban J connectivity index is 1.71. The SMILES string of the molecule is COc1ccc([C@@H]2C(C#N)=C(N)Oc3c2c(=O)oc2ccccc32)cc1Cn1[nH]c(=[N+]([O-])[O-])c(Br)c1C. The van der Waals surface area contributed by atoms with Crippen LogP contribution in [0.2, 0.25) is 0 Å². The number of nitriles is 1. The van der Waals surface area contributed by atoms with Crippen LogP contribution in [0.3, 0.4) is 0 Å². The molecule has 5 rings (SSSR count). The second-order valence-electron chi connectivity index (χ2n) is 8.33. The standard InChI is InChI=1S/C25H19BrN5O6/c1-12-21(26)24(31(33)34)29-30(12)11-14-9-13(7-8-17(14)35-2)19-16(10-27)23(28)37-22-15-5-3-4-6-18(15)36-25(32)20(19)22/h3-9,19,29H,11,28H2,1-2H3/q-1/t19-/m1/s1. The second kappa shape index (κ2) is 9.11. The van der Waals surface area contributed by atoms with Crippen molar-refractivity contribution in [2.45, 2.75) is 19.4 Å². The van der Waals surface area contributed by atoms with E-state index < -0.39 is 16.4 Å². The summed E-state index contributed by atoms with van der Waals surface area (Å²) in [7, 11) is 1.51. The van der Waals surface area contributed by atoms with Crippen LogP contribution in [0.5, 0.6) is 11.5 Å². The maximum absolute atomic E-state index is 13.2. The molecule has 3 N–H and O–H groups in total. The summed E-state index contributed by atoms with van der Waals surface area (Å²) in [5.41, 5.74) is 7.69. The van der Waals surface area contributed by atoms with Gasteiger partial charge < -0.3 is 30.0 Å². The fraction of sp³-hybridized carbons (Fsp3) is 0.160. The third kappa shape index (κ3) is 3.89. The van der Waals surface area contributed by atoms with Crippen molar-refractivity contribution in [3.63, 3.8) is 0 Å². The molecule has 12 heteroatoms. The Morgan fingerprint density at radius 1 is 1.30 bits per heavy atom. The van der Waals surface area contributed by atoms with Gasteiger partial charge in [0.25, 0.3) is 0 Å². The molecule has 37 heavy (non-hydrogen) atoms. The molecule has 188 valence electrons. The van der Waals surface area contributed by atoms with Gasteiger partial charge >= 0.3 is 11.1 Å². The Bertz CT molecular complexity index is 1770. The predicted octanol–water partition coefficient (Wildman–Crippen LogP) is 3.04. The van der Waals surface area contributed by atoms with Crippen LogP contribution in [0.15, 0.2) is 67.6 Å². The fourth-order valence-electron chi connectivity index (χ4n) is 4.50. The first-order valence-electron chi connectivity index (χ1n) is 11.0. The van der Waals surface area contributed by atoms with Gasteiger partial charge in [-0.15, -0.1) is 0 Å². The van der Waals surface area contributed by atoms with Crippen LogP contribution in [0, 0.1) is 28.7 Å². The molecule has 0 bridgehead atoms. The van der Waals surface area contributed by atoms with Gasteiger partial charge in [-0.2, -0.15) is 10.4 Å². The van der Waals surface area contributed by atoms with Crippen molar-refractivity contribution < 1.29 is 13.9 Å².